The first kappa shape index (κ1) is 15.6. The molecule has 2 rings (SSSR count). The molecule has 0 fully saturated rings. The molecule has 4 heteroatoms. The Labute approximate surface area is 131 Å². The Bertz CT molecular complexity index is 691. The molecule has 0 aromatic heterocycles. The number of rotatable bonds is 6. The van der Waals surface area contributed by atoms with Crippen molar-refractivity contribution in [2.45, 2.75) is 24.6 Å². The second kappa shape index (κ2) is 7.26. The zero-order valence-electron chi connectivity index (χ0n) is 12.1. The quantitative estimate of drug-likeness (QED) is 0.594. The number of nitrogens with zero attached hydrogens (tertiary/aromatic N) is 1. The fourth-order valence-corrected chi connectivity index (χ4v) is 3.73. The second-order valence-corrected chi connectivity index (χ2v) is 7.08. The minimum atomic E-state index is -0.107. The number of ether oxygens (including phenoxy) is 1. The van der Waals surface area contributed by atoms with Crippen molar-refractivity contribution in [3.05, 3.63) is 42.0 Å². The third-order valence-corrected chi connectivity index (χ3v) is 5.58. The van der Waals surface area contributed by atoms with E-state index in [2.05, 4.69) is 12.1 Å². The predicted octanol–water partition coefficient (Wildman–Crippen LogP) is 3.51. The van der Waals surface area contributed by atoms with Gasteiger partial charge in [-0.2, -0.15) is 0 Å². The van der Waals surface area contributed by atoms with E-state index in [9.17, 15) is 4.79 Å². The number of methoxy groups -OCH3 is 1. The van der Waals surface area contributed by atoms with Crippen LogP contribution in [0.25, 0.3) is 10.8 Å². The molecule has 2 aromatic carbocycles. The molecule has 0 heterocycles. The summed E-state index contributed by atoms with van der Waals surface area (Å²) in [5, 5.41) is 11.5. The van der Waals surface area contributed by atoms with Gasteiger partial charge >= 0.3 is 131 Å². The zero-order chi connectivity index (χ0) is 15.2. The normalized spacial score (nSPS) is 11.9. The van der Waals surface area contributed by atoms with Gasteiger partial charge in [0.2, 0.25) is 0 Å². The number of fused-ring (bicyclic) bond motifs is 1. The van der Waals surface area contributed by atoms with Crippen molar-refractivity contribution < 1.29 is 9.53 Å². The Balaban J connectivity index is 2.18. The van der Waals surface area contributed by atoms with E-state index in [1.54, 1.807) is 7.11 Å². The fraction of sp³-hybridized carbons (Fsp3) is 0.294. The number of benzene rings is 2. The predicted molar refractivity (Wildman–Crippen MR) is 84.7 cm³/mol. The SMILES string of the molecule is COc1ccc2cc([C@H](C)C(=O)[Se]CCC#N)ccc2c1. The van der Waals surface area contributed by atoms with Crippen molar-refractivity contribution in [1.82, 2.24) is 0 Å². The molecule has 21 heavy (non-hydrogen) atoms. The Morgan fingerprint density at radius 1 is 1.29 bits per heavy atom. The Morgan fingerprint density at radius 3 is 2.71 bits per heavy atom. The van der Waals surface area contributed by atoms with Crippen molar-refractivity contribution in [3.63, 3.8) is 0 Å². The van der Waals surface area contributed by atoms with Gasteiger partial charge in [0, 0.05) is 0 Å². The van der Waals surface area contributed by atoms with Crippen LogP contribution in [0.4, 0.5) is 0 Å². The molecule has 0 unspecified atom stereocenters. The van der Waals surface area contributed by atoms with Crippen molar-refractivity contribution in [2.75, 3.05) is 7.11 Å². The van der Waals surface area contributed by atoms with Crippen molar-refractivity contribution in [2.24, 2.45) is 0 Å². The summed E-state index contributed by atoms with van der Waals surface area (Å²) in [5.74, 6) is 0.731. The van der Waals surface area contributed by atoms with Crippen LogP contribution in [0.5, 0.6) is 5.75 Å². The monoisotopic (exact) mass is 347 g/mol. The molecule has 3 nitrogen and oxygen atoms in total. The summed E-state index contributed by atoms with van der Waals surface area (Å²) in [5.41, 5.74) is 1.04. The van der Waals surface area contributed by atoms with Crippen LogP contribution in [-0.2, 0) is 4.79 Å². The summed E-state index contributed by atoms with van der Waals surface area (Å²) in [6.45, 7) is 1.95. The first-order valence-corrected chi connectivity index (χ1v) is 8.84. The Morgan fingerprint density at radius 2 is 2.00 bits per heavy atom. The zero-order valence-corrected chi connectivity index (χ0v) is 13.8. The summed E-state index contributed by atoms with van der Waals surface area (Å²) < 4.78 is 5.47. The topological polar surface area (TPSA) is 50.1 Å². The third kappa shape index (κ3) is 3.85. The summed E-state index contributed by atoms with van der Waals surface area (Å²) in [7, 11) is 1.65. The van der Waals surface area contributed by atoms with E-state index >= 15 is 0 Å². The molecule has 1 atom stereocenters. The average Bonchev–Trinajstić information content (AvgIpc) is 2.53. The van der Waals surface area contributed by atoms with Crippen molar-refractivity contribution >= 4 is 30.4 Å². The van der Waals surface area contributed by atoms with Gasteiger partial charge in [0.05, 0.1) is 0 Å². The van der Waals surface area contributed by atoms with Gasteiger partial charge in [0.1, 0.15) is 0 Å². The average molecular weight is 346 g/mol. The molecule has 2 aromatic rings. The number of nitriles is 1. The van der Waals surface area contributed by atoms with Crippen LogP contribution in [0.15, 0.2) is 36.4 Å². The second-order valence-electron chi connectivity index (χ2n) is 4.77. The molecule has 0 saturated carbocycles. The van der Waals surface area contributed by atoms with E-state index < -0.39 is 0 Å². The van der Waals surface area contributed by atoms with E-state index in [0.29, 0.717) is 11.7 Å². The third-order valence-electron chi connectivity index (χ3n) is 3.38. The summed E-state index contributed by atoms with van der Waals surface area (Å²) in [6.07, 6.45) is 0.468. The Hall–Kier alpha value is -1.82. The maximum atomic E-state index is 12.2. The van der Waals surface area contributed by atoms with Crippen LogP contribution >= 0.6 is 0 Å². The van der Waals surface area contributed by atoms with E-state index in [4.69, 9.17) is 10.00 Å². The van der Waals surface area contributed by atoms with Gasteiger partial charge in [0.15, 0.2) is 0 Å². The van der Waals surface area contributed by atoms with Crippen LogP contribution < -0.4 is 4.74 Å². The number of carbonyl (C=O) groups is 1. The molecule has 108 valence electrons. The Kier molecular flexibility index (Phi) is 5.38. The van der Waals surface area contributed by atoms with E-state index in [0.717, 1.165) is 22.1 Å². The molecule has 0 N–H and O–H groups in total. The molecule has 0 spiro atoms. The van der Waals surface area contributed by atoms with Crippen LogP contribution in [0.3, 0.4) is 0 Å². The van der Waals surface area contributed by atoms with Gasteiger partial charge in [-0.3, -0.25) is 0 Å². The van der Waals surface area contributed by atoms with E-state index in [-0.39, 0.29) is 25.6 Å². The standard InChI is InChI=1S/C17H17NO2Se/c1-12(17(19)21-9-3-8-18)13-4-5-15-11-16(20-2)7-6-14(15)10-13/h4-7,10-12H,3,9H2,1-2H3/t12-/m0/s1. The molecule has 0 aliphatic heterocycles. The molecule has 0 bridgehead atoms. The first-order valence-electron chi connectivity index (χ1n) is 6.77. The molecule has 0 radical (unpaired) electrons. The van der Waals surface area contributed by atoms with E-state index in [1.165, 1.54) is 0 Å². The molecule has 0 amide bonds. The van der Waals surface area contributed by atoms with Crippen LogP contribution in [0.2, 0.25) is 5.32 Å². The van der Waals surface area contributed by atoms with Gasteiger partial charge in [-0.1, -0.05) is 0 Å². The van der Waals surface area contributed by atoms with Gasteiger partial charge in [-0.15, -0.1) is 0 Å². The summed E-state index contributed by atoms with van der Waals surface area (Å²) in [6, 6.07) is 14.1. The van der Waals surface area contributed by atoms with Crippen LogP contribution in [0, 0.1) is 11.3 Å². The molecule has 0 aliphatic rings. The van der Waals surface area contributed by atoms with E-state index in [1.807, 2.05) is 37.3 Å². The molecule has 0 aliphatic carbocycles. The van der Waals surface area contributed by atoms with Gasteiger partial charge < -0.3 is 0 Å². The maximum absolute atomic E-state index is 12.2. The minimum absolute atomic E-state index is 0.102. The van der Waals surface area contributed by atoms with Gasteiger partial charge in [-0.25, -0.2) is 0 Å². The molecular weight excluding hydrogens is 329 g/mol. The van der Waals surface area contributed by atoms with Crippen molar-refractivity contribution in [3.8, 4) is 11.8 Å². The van der Waals surface area contributed by atoms with Crippen LogP contribution in [-0.4, -0.2) is 26.7 Å². The van der Waals surface area contributed by atoms with Crippen molar-refractivity contribution in [1.29, 1.82) is 5.26 Å². The van der Waals surface area contributed by atoms with Gasteiger partial charge in [0.25, 0.3) is 0 Å². The fourth-order valence-electron chi connectivity index (χ4n) is 2.10. The summed E-state index contributed by atoms with van der Waals surface area (Å²) >= 11 is -0.107. The first-order chi connectivity index (χ1) is 10.2. The molecular formula is C17H17NO2Se. The number of hydrogen-bond donors (Lipinski definition) is 0. The summed E-state index contributed by atoms with van der Waals surface area (Å²) in [4.78, 5) is 12.2. The van der Waals surface area contributed by atoms with Crippen LogP contribution in [0.1, 0.15) is 24.8 Å². The van der Waals surface area contributed by atoms with Gasteiger partial charge in [-0.05, 0) is 0 Å². The number of hydrogen-bond acceptors (Lipinski definition) is 3. The molecule has 0 saturated heterocycles. The number of carbonyl (C=O) groups excluding carboxylic acids is 1.